The van der Waals surface area contributed by atoms with Crippen LogP contribution < -0.4 is 4.74 Å². The Balaban J connectivity index is 1.43. The molecule has 6 heteroatoms. The number of rotatable bonds is 8. The van der Waals surface area contributed by atoms with Crippen LogP contribution >= 0.6 is 0 Å². The van der Waals surface area contributed by atoms with Gasteiger partial charge in [-0.3, -0.25) is 0 Å². The summed E-state index contributed by atoms with van der Waals surface area (Å²) in [5.74, 6) is 6.07. The lowest BCUT2D eigenvalue weighted by Crippen LogP contribution is -2.14. The Kier molecular flexibility index (Phi) is 12.6. The van der Waals surface area contributed by atoms with E-state index < -0.39 is 17.7 Å². The van der Waals surface area contributed by atoms with E-state index in [1.54, 1.807) is 12.1 Å². The van der Waals surface area contributed by atoms with Crippen LogP contribution in [-0.2, 0) is 12.6 Å². The highest BCUT2D eigenvalue weighted by atomic mass is 19.4. The number of hydrogen-bond donors (Lipinski definition) is 1. The number of aliphatic hydroxyl groups is 1. The fraction of sp³-hybridized carbons (Fsp3) is 0.311. The van der Waals surface area contributed by atoms with Crippen LogP contribution in [0.15, 0.2) is 125 Å². The molecule has 3 aromatic rings. The van der Waals surface area contributed by atoms with Crippen LogP contribution in [0.2, 0.25) is 0 Å². The third-order valence-electron chi connectivity index (χ3n) is 9.48. The number of aliphatic imine (C=N–C) groups is 1. The summed E-state index contributed by atoms with van der Waals surface area (Å²) in [5.41, 5.74) is 6.53. The van der Waals surface area contributed by atoms with E-state index in [0.29, 0.717) is 37.0 Å². The smallest absolute Gasteiger partial charge is 0.417 e. The molecule has 0 aromatic heterocycles. The number of allylic oxidation sites excluding steroid dienone is 7. The summed E-state index contributed by atoms with van der Waals surface area (Å²) in [4.78, 5) is 4.59. The molecule has 2 unspecified atom stereocenters. The summed E-state index contributed by atoms with van der Waals surface area (Å²) in [6.07, 6.45) is 11.0. The van der Waals surface area contributed by atoms with E-state index >= 15 is 0 Å². The van der Waals surface area contributed by atoms with E-state index in [2.05, 4.69) is 61.9 Å². The van der Waals surface area contributed by atoms with Crippen LogP contribution in [-0.4, -0.2) is 17.4 Å². The van der Waals surface area contributed by atoms with Crippen molar-refractivity contribution in [2.24, 2.45) is 16.8 Å². The number of benzene rings is 3. The van der Waals surface area contributed by atoms with Gasteiger partial charge in [-0.2, -0.15) is 13.2 Å². The van der Waals surface area contributed by atoms with Crippen molar-refractivity contribution in [2.75, 3.05) is 6.61 Å². The molecular weight excluding hydrogens is 643 g/mol. The molecule has 0 bridgehead atoms. The van der Waals surface area contributed by atoms with Gasteiger partial charge in [-0.05, 0) is 116 Å². The molecule has 0 amide bonds. The average Bonchev–Trinajstić information content (AvgIpc) is 3.32. The van der Waals surface area contributed by atoms with E-state index in [1.165, 1.54) is 17.2 Å². The molecule has 0 spiro atoms. The quantitative estimate of drug-likeness (QED) is 0.239. The fourth-order valence-electron chi connectivity index (χ4n) is 6.50. The highest BCUT2D eigenvalue weighted by Gasteiger charge is 2.37. The summed E-state index contributed by atoms with van der Waals surface area (Å²) in [5, 5.41) is 11.1. The van der Waals surface area contributed by atoms with Crippen molar-refractivity contribution < 1.29 is 23.0 Å². The Morgan fingerprint density at radius 2 is 1.57 bits per heavy atom. The van der Waals surface area contributed by atoms with E-state index in [1.807, 2.05) is 61.5 Å². The molecule has 1 aliphatic heterocycles. The van der Waals surface area contributed by atoms with E-state index in [-0.39, 0.29) is 29.7 Å². The first-order valence-corrected chi connectivity index (χ1v) is 17.9. The maximum Gasteiger partial charge on any atom is 0.417 e. The van der Waals surface area contributed by atoms with Gasteiger partial charge in [-0.25, -0.2) is 4.99 Å². The predicted octanol–water partition coefficient (Wildman–Crippen LogP) is 12.0. The van der Waals surface area contributed by atoms with Crippen LogP contribution in [0.1, 0.15) is 93.2 Å². The average molecular weight is 690 g/mol. The van der Waals surface area contributed by atoms with Crippen LogP contribution in [0.25, 0.3) is 5.57 Å². The SMILES string of the molecule is CCc1ccc(C#Cc2ccc(C3=N/C(O)=C\C(CC)/C(c4c(OCC5=CC(CC)C(C)=CC=C5)cccc4C(F)(F)F)=C\CCC3)cc2)cc1. The number of halogens is 3. The third-order valence-corrected chi connectivity index (χ3v) is 9.48. The molecule has 3 nitrogen and oxygen atoms in total. The van der Waals surface area contributed by atoms with Gasteiger partial charge in [0.2, 0.25) is 5.88 Å². The third kappa shape index (κ3) is 9.82. The van der Waals surface area contributed by atoms with Gasteiger partial charge in [0, 0.05) is 22.6 Å². The van der Waals surface area contributed by atoms with Gasteiger partial charge >= 0.3 is 6.18 Å². The second-order valence-corrected chi connectivity index (χ2v) is 13.0. The Labute approximate surface area is 300 Å². The summed E-state index contributed by atoms with van der Waals surface area (Å²) < 4.78 is 50.1. The molecule has 5 rings (SSSR count). The van der Waals surface area contributed by atoms with Crippen LogP contribution in [0.5, 0.6) is 5.75 Å². The van der Waals surface area contributed by atoms with Gasteiger partial charge in [0.25, 0.3) is 0 Å². The van der Waals surface area contributed by atoms with Gasteiger partial charge < -0.3 is 9.84 Å². The normalized spacial score (nSPS) is 20.3. The fourth-order valence-corrected chi connectivity index (χ4v) is 6.50. The first kappa shape index (κ1) is 37.2. The molecule has 1 heterocycles. The minimum atomic E-state index is -4.60. The minimum Gasteiger partial charge on any atom is -0.493 e. The van der Waals surface area contributed by atoms with Crippen molar-refractivity contribution in [2.45, 2.75) is 72.4 Å². The van der Waals surface area contributed by atoms with Crippen LogP contribution in [0.3, 0.4) is 0 Å². The van der Waals surface area contributed by atoms with Crippen molar-refractivity contribution in [3.05, 3.63) is 154 Å². The van der Waals surface area contributed by atoms with Crippen molar-refractivity contribution in [3.63, 3.8) is 0 Å². The number of alkyl halides is 3. The molecule has 2 aliphatic rings. The van der Waals surface area contributed by atoms with Crippen molar-refractivity contribution >= 4 is 11.3 Å². The lowest BCUT2D eigenvalue weighted by Gasteiger charge is -2.24. The lowest BCUT2D eigenvalue weighted by atomic mass is 9.85. The summed E-state index contributed by atoms with van der Waals surface area (Å²) in [7, 11) is 0. The highest BCUT2D eigenvalue weighted by molar-refractivity contribution is 6.01. The molecule has 1 N–H and O–H groups in total. The topological polar surface area (TPSA) is 41.8 Å². The van der Waals surface area contributed by atoms with Crippen molar-refractivity contribution in [1.29, 1.82) is 0 Å². The van der Waals surface area contributed by atoms with Gasteiger partial charge in [-0.1, -0.05) is 98.9 Å². The maximum atomic E-state index is 14.6. The number of hydrogen-bond acceptors (Lipinski definition) is 3. The van der Waals surface area contributed by atoms with Crippen LogP contribution in [0, 0.1) is 23.7 Å². The van der Waals surface area contributed by atoms with Gasteiger partial charge in [0.05, 0.1) is 11.3 Å². The molecule has 2 atom stereocenters. The van der Waals surface area contributed by atoms with Gasteiger partial charge in [0.15, 0.2) is 0 Å². The second-order valence-electron chi connectivity index (χ2n) is 13.0. The van der Waals surface area contributed by atoms with E-state index in [4.69, 9.17) is 4.74 Å². The first-order chi connectivity index (χ1) is 24.6. The van der Waals surface area contributed by atoms with Gasteiger partial charge in [0.1, 0.15) is 12.4 Å². The zero-order valence-corrected chi connectivity index (χ0v) is 29.9. The number of aliphatic hydroxyl groups excluding tert-OH is 1. The van der Waals surface area contributed by atoms with Gasteiger partial charge in [-0.15, -0.1) is 0 Å². The molecule has 0 saturated heterocycles. The predicted molar refractivity (Wildman–Crippen MR) is 203 cm³/mol. The van der Waals surface area contributed by atoms with Crippen molar-refractivity contribution in [3.8, 4) is 17.6 Å². The summed E-state index contributed by atoms with van der Waals surface area (Å²) in [6, 6.07) is 20.1. The lowest BCUT2D eigenvalue weighted by molar-refractivity contribution is -0.137. The number of nitrogens with zero attached hydrogens (tertiary/aromatic N) is 1. The molecule has 51 heavy (non-hydrogen) atoms. The highest BCUT2D eigenvalue weighted by Crippen LogP contribution is 2.44. The molecule has 0 fully saturated rings. The molecular formula is C45H46F3NO2. The van der Waals surface area contributed by atoms with E-state index in [0.717, 1.165) is 41.2 Å². The number of ether oxygens (including phenoxy) is 1. The first-order valence-electron chi connectivity index (χ1n) is 17.9. The monoisotopic (exact) mass is 689 g/mol. The van der Waals surface area contributed by atoms with Crippen LogP contribution in [0.4, 0.5) is 13.2 Å². The zero-order chi connectivity index (χ0) is 36.4. The standard InChI is InChI=1S/C45H46F3NO2/c1-5-32-18-20-33(21-19-32)22-23-34-24-26-38(27-25-34)41-16-9-8-14-39(37(7-3)29-43(50)49-41)44-40(45(46,47)48)15-11-17-42(44)51-30-35-13-10-12-31(4)36(6-2)28-35/h10-15,17-21,24-29,36-37,50H,5-9,16,30H2,1-4H3/b39-14+,43-29+,49-41?. The number of aryl methyl sites for hydroxylation is 1. The Bertz CT molecular complexity index is 1930. The molecule has 264 valence electrons. The van der Waals surface area contributed by atoms with Crippen molar-refractivity contribution in [1.82, 2.24) is 0 Å². The Morgan fingerprint density at radius 1 is 0.882 bits per heavy atom. The molecule has 0 saturated carbocycles. The minimum absolute atomic E-state index is 0.0169. The maximum absolute atomic E-state index is 14.6. The second kappa shape index (κ2) is 17.3. The summed E-state index contributed by atoms with van der Waals surface area (Å²) >= 11 is 0. The van der Waals surface area contributed by atoms with E-state index in [9.17, 15) is 18.3 Å². The zero-order valence-electron chi connectivity index (χ0n) is 29.9. The molecule has 0 radical (unpaired) electrons. The summed E-state index contributed by atoms with van der Waals surface area (Å²) in [6.45, 7) is 8.35. The largest absolute Gasteiger partial charge is 0.493 e. The Hall–Kier alpha value is -5.02. The molecule has 1 aliphatic carbocycles. The Morgan fingerprint density at radius 3 is 2.22 bits per heavy atom. The molecule has 3 aromatic carbocycles.